The van der Waals surface area contributed by atoms with Crippen LogP contribution in [0.25, 0.3) is 0 Å². The van der Waals surface area contributed by atoms with Gasteiger partial charge in [-0.05, 0) is 24.6 Å². The molecule has 0 saturated heterocycles. The number of aliphatic carboxylic acids is 1. The number of carbonyl (C=O) groups is 1. The van der Waals surface area contributed by atoms with Crippen molar-refractivity contribution in [1.29, 1.82) is 0 Å². The molecule has 82 valence electrons. The van der Waals surface area contributed by atoms with Crippen molar-refractivity contribution in [1.82, 2.24) is 5.32 Å². The number of carboxylic acid groups (broad SMARTS) is 1. The fourth-order valence-corrected chi connectivity index (χ4v) is 1.54. The van der Waals surface area contributed by atoms with Crippen LogP contribution in [-0.4, -0.2) is 22.7 Å². The van der Waals surface area contributed by atoms with Gasteiger partial charge >= 0.3 is 5.97 Å². The Morgan fingerprint density at radius 3 is 2.80 bits per heavy atom. The Morgan fingerprint density at radius 1 is 1.53 bits per heavy atom. The van der Waals surface area contributed by atoms with E-state index in [1.165, 1.54) is 0 Å². The van der Waals surface area contributed by atoms with Gasteiger partial charge in [-0.1, -0.05) is 11.6 Å². The van der Waals surface area contributed by atoms with E-state index in [9.17, 15) is 9.90 Å². The average molecular weight is 230 g/mol. The number of rotatable bonds is 4. The summed E-state index contributed by atoms with van der Waals surface area (Å²) in [6.07, 6.45) is 0. The van der Waals surface area contributed by atoms with Crippen LogP contribution >= 0.6 is 11.6 Å². The molecule has 0 fully saturated rings. The zero-order valence-electron chi connectivity index (χ0n) is 8.25. The molecule has 1 rings (SSSR count). The lowest BCUT2D eigenvalue weighted by Crippen LogP contribution is -2.21. The molecular weight excluding hydrogens is 218 g/mol. The second kappa shape index (κ2) is 5.00. The van der Waals surface area contributed by atoms with Gasteiger partial charge in [-0.25, -0.2) is 0 Å². The van der Waals surface area contributed by atoms with Crippen molar-refractivity contribution >= 4 is 17.6 Å². The standard InChI is InChI=1S/C10H12ClNO3/c1-6-2-8(11)3-7(10(6)15)4-12-5-9(13)14/h2-3,12,15H,4-5H2,1H3,(H,13,14). The van der Waals surface area contributed by atoms with E-state index in [-0.39, 0.29) is 18.8 Å². The molecule has 1 aromatic carbocycles. The van der Waals surface area contributed by atoms with Gasteiger partial charge in [0.1, 0.15) is 5.75 Å². The van der Waals surface area contributed by atoms with Gasteiger partial charge in [0.2, 0.25) is 0 Å². The van der Waals surface area contributed by atoms with Crippen molar-refractivity contribution in [3.63, 3.8) is 0 Å². The number of phenols is 1. The van der Waals surface area contributed by atoms with Crippen LogP contribution in [0.3, 0.4) is 0 Å². The maximum atomic E-state index is 10.3. The third kappa shape index (κ3) is 3.42. The molecule has 0 bridgehead atoms. The normalized spacial score (nSPS) is 10.3. The number of aromatic hydroxyl groups is 1. The first-order chi connectivity index (χ1) is 7.00. The minimum atomic E-state index is -0.937. The highest BCUT2D eigenvalue weighted by atomic mass is 35.5. The van der Waals surface area contributed by atoms with E-state index < -0.39 is 5.97 Å². The molecule has 0 aliphatic heterocycles. The Kier molecular flexibility index (Phi) is 3.94. The number of benzene rings is 1. The molecule has 4 nitrogen and oxygen atoms in total. The number of hydrogen-bond donors (Lipinski definition) is 3. The molecule has 15 heavy (non-hydrogen) atoms. The molecule has 0 atom stereocenters. The van der Waals surface area contributed by atoms with Gasteiger partial charge in [0.25, 0.3) is 0 Å². The molecule has 3 N–H and O–H groups in total. The predicted octanol–water partition coefficient (Wildman–Crippen LogP) is 1.53. The third-order valence-electron chi connectivity index (χ3n) is 1.94. The Morgan fingerprint density at radius 2 is 2.20 bits per heavy atom. The molecule has 0 radical (unpaired) electrons. The molecule has 0 aliphatic carbocycles. The van der Waals surface area contributed by atoms with E-state index in [2.05, 4.69) is 5.32 Å². The van der Waals surface area contributed by atoms with E-state index in [4.69, 9.17) is 16.7 Å². The van der Waals surface area contributed by atoms with Crippen molar-refractivity contribution in [2.45, 2.75) is 13.5 Å². The molecule has 0 spiro atoms. The van der Waals surface area contributed by atoms with Crippen molar-refractivity contribution in [2.75, 3.05) is 6.54 Å². The molecule has 0 aliphatic rings. The second-order valence-corrected chi connectivity index (χ2v) is 3.66. The average Bonchev–Trinajstić information content (AvgIpc) is 2.12. The molecular formula is C10H12ClNO3. The maximum Gasteiger partial charge on any atom is 0.317 e. The lowest BCUT2D eigenvalue weighted by Gasteiger charge is -2.08. The monoisotopic (exact) mass is 229 g/mol. The Bertz CT molecular complexity index is 379. The first-order valence-corrected chi connectivity index (χ1v) is 4.79. The SMILES string of the molecule is Cc1cc(Cl)cc(CNCC(=O)O)c1O. The van der Waals surface area contributed by atoms with Gasteiger partial charge in [0.05, 0.1) is 6.54 Å². The van der Waals surface area contributed by atoms with Gasteiger partial charge in [-0.15, -0.1) is 0 Å². The zero-order valence-corrected chi connectivity index (χ0v) is 9.01. The molecule has 0 heterocycles. The number of halogens is 1. The van der Waals surface area contributed by atoms with Crippen LogP contribution in [-0.2, 0) is 11.3 Å². The quantitative estimate of drug-likeness (QED) is 0.732. The maximum absolute atomic E-state index is 10.3. The highest BCUT2D eigenvalue weighted by Crippen LogP contribution is 2.26. The van der Waals surface area contributed by atoms with Gasteiger partial charge in [0, 0.05) is 17.1 Å². The summed E-state index contributed by atoms with van der Waals surface area (Å²) < 4.78 is 0. The number of nitrogens with one attached hydrogen (secondary N) is 1. The summed E-state index contributed by atoms with van der Waals surface area (Å²) in [7, 11) is 0. The Balaban J connectivity index is 2.72. The van der Waals surface area contributed by atoms with Crippen molar-refractivity contribution in [2.24, 2.45) is 0 Å². The van der Waals surface area contributed by atoms with E-state index in [0.29, 0.717) is 16.1 Å². The van der Waals surface area contributed by atoms with Crippen LogP contribution in [0.15, 0.2) is 12.1 Å². The fraction of sp³-hybridized carbons (Fsp3) is 0.300. The van der Waals surface area contributed by atoms with E-state index in [1.54, 1.807) is 19.1 Å². The van der Waals surface area contributed by atoms with Gasteiger partial charge < -0.3 is 15.5 Å². The summed E-state index contributed by atoms with van der Waals surface area (Å²) in [5, 5.41) is 21.3. The summed E-state index contributed by atoms with van der Waals surface area (Å²) in [6, 6.07) is 3.26. The van der Waals surface area contributed by atoms with Gasteiger partial charge in [0.15, 0.2) is 0 Å². The van der Waals surface area contributed by atoms with E-state index >= 15 is 0 Å². The third-order valence-corrected chi connectivity index (χ3v) is 2.15. The lowest BCUT2D eigenvalue weighted by molar-refractivity contribution is -0.136. The van der Waals surface area contributed by atoms with Crippen molar-refractivity contribution in [3.05, 3.63) is 28.3 Å². The molecule has 0 amide bonds. The Hall–Kier alpha value is -1.26. The molecule has 5 heteroatoms. The summed E-state index contributed by atoms with van der Waals surface area (Å²) in [5.74, 6) is -0.787. The minimum absolute atomic E-state index is 0.148. The summed E-state index contributed by atoms with van der Waals surface area (Å²) in [4.78, 5) is 10.3. The first kappa shape index (κ1) is 11.8. The minimum Gasteiger partial charge on any atom is -0.507 e. The van der Waals surface area contributed by atoms with Crippen molar-refractivity contribution < 1.29 is 15.0 Å². The first-order valence-electron chi connectivity index (χ1n) is 4.41. The van der Waals surface area contributed by atoms with Crippen LogP contribution in [0.2, 0.25) is 5.02 Å². The Labute approximate surface area is 92.5 Å². The predicted molar refractivity (Wildman–Crippen MR) is 57.2 cm³/mol. The molecule has 1 aromatic rings. The fourth-order valence-electron chi connectivity index (χ4n) is 1.24. The highest BCUT2D eigenvalue weighted by Gasteiger charge is 2.06. The smallest absolute Gasteiger partial charge is 0.317 e. The summed E-state index contributed by atoms with van der Waals surface area (Å²) >= 11 is 5.81. The molecule has 0 aromatic heterocycles. The van der Waals surface area contributed by atoms with E-state index in [0.717, 1.165) is 0 Å². The van der Waals surface area contributed by atoms with Crippen LogP contribution in [0.1, 0.15) is 11.1 Å². The van der Waals surface area contributed by atoms with Crippen molar-refractivity contribution in [3.8, 4) is 5.75 Å². The highest BCUT2D eigenvalue weighted by molar-refractivity contribution is 6.30. The number of hydrogen-bond acceptors (Lipinski definition) is 3. The largest absolute Gasteiger partial charge is 0.507 e. The number of carboxylic acids is 1. The second-order valence-electron chi connectivity index (χ2n) is 3.23. The van der Waals surface area contributed by atoms with Crippen LogP contribution in [0.4, 0.5) is 0 Å². The number of phenolic OH excluding ortho intramolecular Hbond substituents is 1. The molecule has 0 unspecified atom stereocenters. The molecule has 0 saturated carbocycles. The van der Waals surface area contributed by atoms with Crippen LogP contribution in [0.5, 0.6) is 5.75 Å². The zero-order chi connectivity index (χ0) is 11.4. The number of aryl methyl sites for hydroxylation is 1. The van der Waals surface area contributed by atoms with Crippen LogP contribution in [0, 0.1) is 6.92 Å². The summed E-state index contributed by atoms with van der Waals surface area (Å²) in [6.45, 7) is 1.87. The lowest BCUT2D eigenvalue weighted by atomic mass is 10.1. The van der Waals surface area contributed by atoms with Gasteiger partial charge in [-0.2, -0.15) is 0 Å². The topological polar surface area (TPSA) is 69.6 Å². The van der Waals surface area contributed by atoms with Crippen LogP contribution < -0.4 is 5.32 Å². The summed E-state index contributed by atoms with van der Waals surface area (Å²) in [5.41, 5.74) is 1.27. The van der Waals surface area contributed by atoms with Gasteiger partial charge in [-0.3, -0.25) is 4.79 Å². The van der Waals surface area contributed by atoms with E-state index in [1.807, 2.05) is 0 Å².